The molecule has 0 radical (unpaired) electrons. The Morgan fingerprint density at radius 1 is 1.22 bits per heavy atom. The van der Waals surface area contributed by atoms with Crippen molar-refractivity contribution in [3.63, 3.8) is 0 Å². The summed E-state index contributed by atoms with van der Waals surface area (Å²) in [5.74, 6) is 0.480. The number of thiazole rings is 1. The van der Waals surface area contributed by atoms with Gasteiger partial charge in [-0.1, -0.05) is 0 Å². The highest BCUT2D eigenvalue weighted by Gasteiger charge is 2.04. The minimum atomic E-state index is -0.253. The van der Waals surface area contributed by atoms with Crippen LogP contribution in [-0.4, -0.2) is 34.3 Å². The Labute approximate surface area is 179 Å². The maximum atomic E-state index is 13.0. The molecule has 0 fully saturated rings. The first-order valence-electron chi connectivity index (χ1n) is 8.30. The number of nitrogens with one attached hydrogen (secondary N) is 2. The van der Waals surface area contributed by atoms with Gasteiger partial charge >= 0.3 is 0 Å². The van der Waals surface area contributed by atoms with Crippen molar-refractivity contribution in [3.8, 4) is 5.69 Å². The first kappa shape index (κ1) is 21.3. The number of aryl methyl sites for hydroxylation is 1. The number of hydrogen-bond acceptors (Lipinski definition) is 4. The topological polar surface area (TPSA) is 67.1 Å². The molecule has 0 aliphatic carbocycles. The van der Waals surface area contributed by atoms with Crippen LogP contribution in [0.15, 0.2) is 47.7 Å². The summed E-state index contributed by atoms with van der Waals surface area (Å²) in [6, 6.07) is 8.22. The number of rotatable bonds is 6. The van der Waals surface area contributed by atoms with Gasteiger partial charge in [-0.3, -0.25) is 4.99 Å². The molecule has 0 aliphatic rings. The van der Waals surface area contributed by atoms with Gasteiger partial charge in [0.1, 0.15) is 10.8 Å². The molecule has 27 heavy (non-hydrogen) atoms. The van der Waals surface area contributed by atoms with Gasteiger partial charge in [0.25, 0.3) is 0 Å². The molecular weight excluding hydrogens is 478 g/mol. The lowest BCUT2D eigenvalue weighted by molar-refractivity contribution is 0.627. The Bertz CT molecular complexity index is 874. The van der Waals surface area contributed by atoms with E-state index < -0.39 is 0 Å². The van der Waals surface area contributed by atoms with Crippen LogP contribution in [-0.2, 0) is 13.0 Å². The molecule has 1 aromatic carbocycles. The van der Waals surface area contributed by atoms with Crippen LogP contribution in [0.2, 0.25) is 0 Å². The third-order valence-electron chi connectivity index (χ3n) is 3.71. The monoisotopic (exact) mass is 500 g/mol. The van der Waals surface area contributed by atoms with Gasteiger partial charge in [-0.2, -0.15) is 5.10 Å². The van der Waals surface area contributed by atoms with Gasteiger partial charge in [-0.15, -0.1) is 35.3 Å². The number of aromatic nitrogens is 3. The number of guanidine groups is 1. The molecule has 2 aromatic heterocycles. The minimum absolute atomic E-state index is 0. The van der Waals surface area contributed by atoms with E-state index in [1.54, 1.807) is 35.2 Å². The van der Waals surface area contributed by atoms with Gasteiger partial charge in [0.15, 0.2) is 5.96 Å². The van der Waals surface area contributed by atoms with E-state index in [1.165, 1.54) is 17.0 Å². The van der Waals surface area contributed by atoms with Crippen molar-refractivity contribution in [2.24, 2.45) is 4.99 Å². The van der Waals surface area contributed by atoms with Crippen molar-refractivity contribution in [3.05, 3.63) is 64.1 Å². The van der Waals surface area contributed by atoms with Crippen molar-refractivity contribution in [2.45, 2.75) is 19.9 Å². The van der Waals surface area contributed by atoms with Gasteiger partial charge in [0.2, 0.25) is 0 Å². The molecular formula is C18H22FIN6S. The number of nitrogens with zero attached hydrogens (tertiary/aromatic N) is 4. The summed E-state index contributed by atoms with van der Waals surface area (Å²) >= 11 is 1.67. The maximum Gasteiger partial charge on any atom is 0.191 e. The van der Waals surface area contributed by atoms with E-state index in [9.17, 15) is 4.39 Å². The standard InChI is InChI=1S/C18H21FN6S.HI/c1-13-11-22-17(26-13)12-23-18(20-2)21-9-7-15-8-10-25(24-15)16-5-3-14(19)4-6-16;/h3-6,8,10-11H,7,9,12H2,1-2H3,(H2,20,21,23);1H. The van der Waals surface area contributed by atoms with E-state index >= 15 is 0 Å². The molecule has 2 N–H and O–H groups in total. The van der Waals surface area contributed by atoms with E-state index in [1.807, 2.05) is 25.4 Å². The van der Waals surface area contributed by atoms with Crippen molar-refractivity contribution in [1.82, 2.24) is 25.4 Å². The number of hydrogen-bond donors (Lipinski definition) is 2. The van der Waals surface area contributed by atoms with Crippen molar-refractivity contribution >= 4 is 41.3 Å². The molecule has 9 heteroatoms. The smallest absolute Gasteiger partial charge is 0.191 e. The Kier molecular flexibility index (Phi) is 8.17. The molecule has 3 rings (SSSR count). The fourth-order valence-corrected chi connectivity index (χ4v) is 3.13. The zero-order valence-electron chi connectivity index (χ0n) is 15.1. The first-order valence-corrected chi connectivity index (χ1v) is 9.12. The third kappa shape index (κ3) is 6.28. The Morgan fingerprint density at radius 2 is 2.00 bits per heavy atom. The van der Waals surface area contributed by atoms with Crippen LogP contribution < -0.4 is 10.6 Å². The highest BCUT2D eigenvalue weighted by atomic mass is 127. The lowest BCUT2D eigenvalue weighted by atomic mass is 10.3. The second kappa shape index (κ2) is 10.4. The van der Waals surface area contributed by atoms with Gasteiger partial charge in [0, 0.05) is 37.3 Å². The number of aliphatic imine (C=N–C) groups is 1. The lowest BCUT2D eigenvalue weighted by Crippen LogP contribution is -2.37. The van der Waals surface area contributed by atoms with Gasteiger partial charge in [-0.25, -0.2) is 14.1 Å². The largest absolute Gasteiger partial charge is 0.356 e. The quantitative estimate of drug-likeness (QED) is 0.310. The summed E-state index contributed by atoms with van der Waals surface area (Å²) in [6.07, 6.45) is 4.50. The second-order valence-electron chi connectivity index (χ2n) is 5.70. The van der Waals surface area contributed by atoms with Crippen LogP contribution in [0.4, 0.5) is 4.39 Å². The van der Waals surface area contributed by atoms with Gasteiger partial charge in [-0.05, 0) is 37.3 Å². The first-order chi connectivity index (χ1) is 12.6. The van der Waals surface area contributed by atoms with Gasteiger partial charge in [0.05, 0.1) is 17.9 Å². The van der Waals surface area contributed by atoms with E-state index in [0.29, 0.717) is 13.1 Å². The molecule has 0 atom stereocenters. The molecule has 0 saturated carbocycles. The summed E-state index contributed by atoms with van der Waals surface area (Å²) in [7, 11) is 1.74. The molecule has 6 nitrogen and oxygen atoms in total. The Morgan fingerprint density at radius 3 is 2.67 bits per heavy atom. The van der Waals surface area contributed by atoms with E-state index in [4.69, 9.17) is 0 Å². The fraction of sp³-hybridized carbons (Fsp3) is 0.278. The number of benzene rings is 1. The zero-order chi connectivity index (χ0) is 18.4. The summed E-state index contributed by atoms with van der Waals surface area (Å²) in [6.45, 7) is 3.40. The molecule has 0 unspecified atom stereocenters. The van der Waals surface area contributed by atoms with Crippen LogP contribution >= 0.6 is 35.3 Å². The minimum Gasteiger partial charge on any atom is -0.356 e. The Balaban J connectivity index is 0.00000261. The normalized spacial score (nSPS) is 11.1. The van der Waals surface area contributed by atoms with E-state index in [-0.39, 0.29) is 29.8 Å². The number of halogens is 2. The van der Waals surface area contributed by atoms with Crippen LogP contribution in [0.5, 0.6) is 0 Å². The predicted molar refractivity (Wildman–Crippen MR) is 118 cm³/mol. The van der Waals surface area contributed by atoms with Crippen LogP contribution in [0.3, 0.4) is 0 Å². The molecule has 0 bridgehead atoms. The zero-order valence-corrected chi connectivity index (χ0v) is 18.3. The molecule has 0 spiro atoms. The summed E-state index contributed by atoms with van der Waals surface area (Å²) < 4.78 is 14.7. The van der Waals surface area contributed by atoms with Crippen molar-refractivity contribution in [1.29, 1.82) is 0 Å². The van der Waals surface area contributed by atoms with Crippen LogP contribution in [0, 0.1) is 12.7 Å². The molecule has 0 amide bonds. The Hall–Kier alpha value is -2.01. The summed E-state index contributed by atoms with van der Waals surface area (Å²) in [4.78, 5) is 9.73. The van der Waals surface area contributed by atoms with Crippen molar-refractivity contribution in [2.75, 3.05) is 13.6 Å². The van der Waals surface area contributed by atoms with Crippen LogP contribution in [0.25, 0.3) is 5.69 Å². The lowest BCUT2D eigenvalue weighted by Gasteiger charge is -2.10. The highest BCUT2D eigenvalue weighted by Crippen LogP contribution is 2.10. The SMILES string of the molecule is CN=C(NCCc1ccn(-c2ccc(F)cc2)n1)NCc1ncc(C)s1.I. The molecule has 0 saturated heterocycles. The summed E-state index contributed by atoms with van der Waals surface area (Å²) in [5, 5.41) is 12.1. The fourth-order valence-electron chi connectivity index (χ4n) is 2.40. The molecule has 2 heterocycles. The van der Waals surface area contributed by atoms with E-state index in [2.05, 4.69) is 25.7 Å². The molecule has 144 valence electrons. The van der Waals surface area contributed by atoms with Gasteiger partial charge < -0.3 is 10.6 Å². The van der Waals surface area contributed by atoms with E-state index in [0.717, 1.165) is 28.8 Å². The van der Waals surface area contributed by atoms with Crippen LogP contribution in [0.1, 0.15) is 15.6 Å². The molecule has 0 aliphatic heterocycles. The predicted octanol–water partition coefficient (Wildman–Crippen LogP) is 3.30. The highest BCUT2D eigenvalue weighted by molar-refractivity contribution is 14.0. The summed E-state index contributed by atoms with van der Waals surface area (Å²) in [5.41, 5.74) is 1.79. The van der Waals surface area contributed by atoms with Crippen molar-refractivity contribution < 1.29 is 4.39 Å². The average molecular weight is 500 g/mol. The third-order valence-corrected chi connectivity index (χ3v) is 4.62. The second-order valence-corrected chi connectivity index (χ2v) is 7.01. The average Bonchev–Trinajstić information content (AvgIpc) is 3.28. The maximum absolute atomic E-state index is 13.0. The molecule has 3 aromatic rings.